The van der Waals surface area contributed by atoms with Crippen LogP contribution >= 0.6 is 0 Å². The molecule has 0 bridgehead atoms. The van der Waals surface area contributed by atoms with E-state index in [1.165, 1.54) is 6.92 Å². The number of aromatic nitrogens is 3. The molecule has 0 atom stereocenters. The van der Waals surface area contributed by atoms with Crippen LogP contribution in [0, 0.1) is 0 Å². The van der Waals surface area contributed by atoms with Gasteiger partial charge in [-0.05, 0) is 12.1 Å². The average Bonchev–Trinajstić information content (AvgIpc) is 2.58. The van der Waals surface area contributed by atoms with Gasteiger partial charge in [-0.15, -0.1) is 0 Å². The second-order valence-corrected chi connectivity index (χ2v) is 4.93. The van der Waals surface area contributed by atoms with Crippen LogP contribution in [0.25, 0.3) is 22.6 Å². The van der Waals surface area contributed by atoms with E-state index in [0.29, 0.717) is 17.1 Å². The van der Waals surface area contributed by atoms with Gasteiger partial charge in [0.15, 0.2) is 0 Å². The van der Waals surface area contributed by atoms with Gasteiger partial charge in [0.2, 0.25) is 5.91 Å². The maximum absolute atomic E-state index is 12.4. The van der Waals surface area contributed by atoms with Crippen LogP contribution in [0.1, 0.15) is 6.92 Å². The first kappa shape index (κ1) is 14.6. The normalized spacial score (nSPS) is 10.3. The number of rotatable bonds is 3. The van der Waals surface area contributed by atoms with Crippen molar-refractivity contribution >= 4 is 11.6 Å². The molecule has 3 rings (SSSR count). The number of pyridine rings is 1. The first-order valence-electron chi connectivity index (χ1n) is 7.03. The van der Waals surface area contributed by atoms with Crippen molar-refractivity contribution < 1.29 is 4.79 Å². The molecule has 0 radical (unpaired) electrons. The van der Waals surface area contributed by atoms with Gasteiger partial charge in [0.05, 0.1) is 0 Å². The molecule has 23 heavy (non-hydrogen) atoms. The van der Waals surface area contributed by atoms with Gasteiger partial charge in [-0.25, -0.2) is 4.98 Å². The molecule has 0 spiro atoms. The number of hydrogen-bond donors (Lipinski definition) is 2. The summed E-state index contributed by atoms with van der Waals surface area (Å²) in [5, 5.41) is 2.55. The lowest BCUT2D eigenvalue weighted by Gasteiger charge is -2.10. The molecule has 2 N–H and O–H groups in total. The largest absolute Gasteiger partial charge is 0.320 e. The molecular weight excluding hydrogens is 292 g/mol. The van der Waals surface area contributed by atoms with Gasteiger partial charge in [0.1, 0.15) is 17.2 Å². The highest BCUT2D eigenvalue weighted by Crippen LogP contribution is 2.24. The molecule has 0 aliphatic rings. The lowest BCUT2D eigenvalue weighted by Crippen LogP contribution is -2.20. The predicted molar refractivity (Wildman–Crippen MR) is 87.8 cm³/mol. The highest BCUT2D eigenvalue weighted by Gasteiger charge is 2.15. The van der Waals surface area contributed by atoms with Gasteiger partial charge in [0, 0.05) is 30.4 Å². The number of carbonyl (C=O) groups is 1. The van der Waals surface area contributed by atoms with E-state index in [9.17, 15) is 9.59 Å². The van der Waals surface area contributed by atoms with E-state index >= 15 is 0 Å². The number of benzene rings is 1. The zero-order valence-corrected chi connectivity index (χ0v) is 12.4. The standard InChI is InChI=1S/C17H14N4O2/c1-11(22)19-15-14(13-8-5-9-18-10-13)20-16(21-17(15)23)12-6-3-2-4-7-12/h2-10H,1H3,(H,19,22)(H,20,21,23). The first-order chi connectivity index (χ1) is 11.1. The minimum Gasteiger partial charge on any atom is -0.320 e. The zero-order valence-electron chi connectivity index (χ0n) is 12.4. The Morgan fingerprint density at radius 2 is 1.83 bits per heavy atom. The molecule has 1 amide bonds. The van der Waals surface area contributed by atoms with E-state index in [1.54, 1.807) is 24.5 Å². The molecule has 0 aliphatic carbocycles. The highest BCUT2D eigenvalue weighted by molar-refractivity contribution is 5.93. The monoisotopic (exact) mass is 306 g/mol. The Morgan fingerprint density at radius 1 is 1.09 bits per heavy atom. The summed E-state index contributed by atoms with van der Waals surface area (Å²) < 4.78 is 0. The number of H-pyrrole nitrogens is 1. The molecule has 6 heteroatoms. The fourth-order valence-electron chi connectivity index (χ4n) is 2.21. The van der Waals surface area contributed by atoms with Crippen LogP contribution < -0.4 is 10.9 Å². The maximum Gasteiger partial charge on any atom is 0.275 e. The van der Waals surface area contributed by atoms with Crippen molar-refractivity contribution in [3.8, 4) is 22.6 Å². The molecule has 2 aromatic heterocycles. The van der Waals surface area contributed by atoms with Gasteiger partial charge in [0.25, 0.3) is 5.56 Å². The quantitative estimate of drug-likeness (QED) is 0.778. The molecule has 0 aliphatic heterocycles. The van der Waals surface area contributed by atoms with Gasteiger partial charge in [-0.1, -0.05) is 30.3 Å². The van der Waals surface area contributed by atoms with E-state index < -0.39 is 5.56 Å². The van der Waals surface area contributed by atoms with Crippen LogP contribution in [0.4, 0.5) is 5.69 Å². The summed E-state index contributed by atoms with van der Waals surface area (Å²) in [5.41, 5.74) is 1.53. The average molecular weight is 306 g/mol. The molecule has 1 aromatic carbocycles. The number of carbonyl (C=O) groups excluding carboxylic acids is 1. The van der Waals surface area contributed by atoms with Crippen LogP contribution in [0.2, 0.25) is 0 Å². The Kier molecular flexibility index (Phi) is 3.97. The lowest BCUT2D eigenvalue weighted by molar-refractivity contribution is -0.114. The Morgan fingerprint density at radius 3 is 2.48 bits per heavy atom. The predicted octanol–water partition coefficient (Wildman–Crippen LogP) is 2.46. The van der Waals surface area contributed by atoms with Crippen molar-refractivity contribution in [2.45, 2.75) is 6.92 Å². The molecule has 0 unspecified atom stereocenters. The molecule has 114 valence electrons. The third-order valence-electron chi connectivity index (χ3n) is 3.20. The minimum absolute atomic E-state index is 0.116. The summed E-state index contributed by atoms with van der Waals surface area (Å²) in [6.07, 6.45) is 3.23. The van der Waals surface area contributed by atoms with Crippen molar-refractivity contribution in [3.05, 3.63) is 65.2 Å². The second kappa shape index (κ2) is 6.23. The third-order valence-corrected chi connectivity index (χ3v) is 3.20. The number of nitrogens with one attached hydrogen (secondary N) is 2. The molecule has 3 aromatic rings. The smallest absolute Gasteiger partial charge is 0.275 e. The van der Waals surface area contributed by atoms with Crippen LogP contribution in [0.3, 0.4) is 0 Å². The van der Waals surface area contributed by atoms with Crippen LogP contribution in [0.5, 0.6) is 0 Å². The van der Waals surface area contributed by atoms with Gasteiger partial charge in [-0.2, -0.15) is 0 Å². The lowest BCUT2D eigenvalue weighted by atomic mass is 10.1. The maximum atomic E-state index is 12.4. The topological polar surface area (TPSA) is 87.7 Å². The molecule has 2 heterocycles. The number of anilines is 1. The Bertz CT molecular complexity index is 889. The summed E-state index contributed by atoms with van der Waals surface area (Å²) in [4.78, 5) is 35.1. The van der Waals surface area contributed by atoms with Crippen molar-refractivity contribution in [1.29, 1.82) is 0 Å². The molecular formula is C17H14N4O2. The minimum atomic E-state index is -0.409. The summed E-state index contributed by atoms with van der Waals surface area (Å²) in [6.45, 7) is 1.34. The number of nitrogens with zero attached hydrogens (tertiary/aromatic N) is 2. The van der Waals surface area contributed by atoms with Crippen LogP contribution in [0.15, 0.2) is 59.7 Å². The van der Waals surface area contributed by atoms with E-state index in [2.05, 4.69) is 20.3 Å². The zero-order chi connectivity index (χ0) is 16.2. The molecule has 0 saturated heterocycles. The number of aromatic amines is 1. The SMILES string of the molecule is CC(=O)Nc1c(-c2cccnc2)nc(-c2ccccc2)[nH]c1=O. The molecule has 0 fully saturated rings. The van der Waals surface area contributed by atoms with E-state index in [-0.39, 0.29) is 11.6 Å². The van der Waals surface area contributed by atoms with E-state index in [0.717, 1.165) is 5.56 Å². The van der Waals surface area contributed by atoms with E-state index in [1.807, 2.05) is 30.3 Å². The fourth-order valence-corrected chi connectivity index (χ4v) is 2.21. The van der Waals surface area contributed by atoms with Crippen molar-refractivity contribution in [1.82, 2.24) is 15.0 Å². The van der Waals surface area contributed by atoms with E-state index in [4.69, 9.17) is 0 Å². The van der Waals surface area contributed by atoms with Gasteiger partial charge >= 0.3 is 0 Å². The summed E-state index contributed by atoms with van der Waals surface area (Å²) in [5.74, 6) is 0.0958. The van der Waals surface area contributed by atoms with Crippen molar-refractivity contribution in [2.75, 3.05) is 5.32 Å². The third kappa shape index (κ3) is 3.16. The Labute approximate surface area is 132 Å². The van der Waals surface area contributed by atoms with Crippen molar-refractivity contribution in [2.24, 2.45) is 0 Å². The van der Waals surface area contributed by atoms with Crippen LogP contribution in [-0.2, 0) is 4.79 Å². The fraction of sp³-hybridized carbons (Fsp3) is 0.0588. The van der Waals surface area contributed by atoms with Gasteiger partial charge in [-0.3, -0.25) is 14.6 Å². The van der Waals surface area contributed by atoms with Crippen LogP contribution in [-0.4, -0.2) is 20.9 Å². The summed E-state index contributed by atoms with van der Waals surface area (Å²) in [7, 11) is 0. The molecule has 0 saturated carbocycles. The number of amides is 1. The Hall–Kier alpha value is -3.28. The van der Waals surface area contributed by atoms with Crippen molar-refractivity contribution in [3.63, 3.8) is 0 Å². The molecule has 6 nitrogen and oxygen atoms in total. The summed E-state index contributed by atoms with van der Waals surface area (Å²) in [6, 6.07) is 12.8. The Balaban J connectivity index is 2.23. The van der Waals surface area contributed by atoms with Gasteiger partial charge < -0.3 is 10.3 Å². The second-order valence-electron chi connectivity index (χ2n) is 4.93. The first-order valence-corrected chi connectivity index (χ1v) is 7.03. The number of hydrogen-bond acceptors (Lipinski definition) is 4. The summed E-state index contributed by atoms with van der Waals surface area (Å²) >= 11 is 0. The highest BCUT2D eigenvalue weighted by atomic mass is 16.2.